The zero-order chi connectivity index (χ0) is 12.3. The minimum absolute atomic E-state index is 0.0879. The van der Waals surface area contributed by atoms with Crippen molar-refractivity contribution in [3.8, 4) is 11.6 Å². The largest absolute Gasteiger partial charge is 0.436 e. The Labute approximate surface area is 102 Å². The quantitative estimate of drug-likeness (QED) is 0.516. The van der Waals surface area contributed by atoms with E-state index in [-0.39, 0.29) is 5.75 Å². The van der Waals surface area contributed by atoms with Crippen LogP contribution in [0.3, 0.4) is 0 Å². The Kier molecular flexibility index (Phi) is 3.43. The number of nitrogen functional groups attached to an aromatic ring is 1. The number of aromatic nitrogens is 2. The summed E-state index contributed by atoms with van der Waals surface area (Å²) in [5, 5.41) is 0.755. The van der Waals surface area contributed by atoms with Gasteiger partial charge in [-0.15, -0.1) is 11.8 Å². The van der Waals surface area contributed by atoms with Gasteiger partial charge in [0.05, 0.1) is 0 Å². The third-order valence-corrected chi connectivity index (χ3v) is 2.64. The van der Waals surface area contributed by atoms with Gasteiger partial charge in [0.25, 0.3) is 0 Å². The molecule has 0 atom stereocenters. The van der Waals surface area contributed by atoms with Crippen LogP contribution in [0.1, 0.15) is 0 Å². The monoisotopic (exact) mass is 251 g/mol. The highest BCUT2D eigenvalue weighted by Crippen LogP contribution is 2.25. The van der Waals surface area contributed by atoms with E-state index in [2.05, 4.69) is 9.97 Å². The van der Waals surface area contributed by atoms with Crippen molar-refractivity contribution in [3.63, 3.8) is 0 Å². The average molecular weight is 251 g/mol. The molecule has 2 rings (SSSR count). The number of ether oxygens (including phenoxy) is 1. The molecule has 2 aromatic rings. The van der Waals surface area contributed by atoms with Crippen molar-refractivity contribution >= 4 is 17.4 Å². The van der Waals surface area contributed by atoms with Crippen LogP contribution in [-0.2, 0) is 0 Å². The summed E-state index contributed by atoms with van der Waals surface area (Å²) in [5.74, 6) is -0.132. The molecular formula is C11H10FN3OS. The van der Waals surface area contributed by atoms with Crippen molar-refractivity contribution in [1.29, 1.82) is 0 Å². The van der Waals surface area contributed by atoms with Crippen LogP contribution >= 0.6 is 11.8 Å². The van der Waals surface area contributed by atoms with E-state index >= 15 is 0 Å². The first-order chi connectivity index (χ1) is 8.19. The number of hydrogen-bond donors (Lipinski definition) is 1. The molecule has 0 saturated carbocycles. The molecule has 4 nitrogen and oxygen atoms in total. The van der Waals surface area contributed by atoms with Crippen LogP contribution in [-0.4, -0.2) is 16.2 Å². The summed E-state index contributed by atoms with van der Waals surface area (Å²) in [7, 11) is 0. The van der Waals surface area contributed by atoms with Gasteiger partial charge in [0, 0.05) is 17.8 Å². The first kappa shape index (κ1) is 11.7. The van der Waals surface area contributed by atoms with Gasteiger partial charge in [0.2, 0.25) is 5.88 Å². The average Bonchev–Trinajstić information content (AvgIpc) is 2.33. The lowest BCUT2D eigenvalue weighted by Gasteiger charge is -2.06. The Morgan fingerprint density at radius 1 is 1.29 bits per heavy atom. The van der Waals surface area contributed by atoms with E-state index < -0.39 is 5.82 Å². The molecule has 0 saturated heterocycles. The SMILES string of the molecule is CSc1cc(Oc2ccc(N)cc2F)ncn1. The molecule has 2 N–H and O–H groups in total. The minimum Gasteiger partial charge on any atom is -0.436 e. The third kappa shape index (κ3) is 2.85. The van der Waals surface area contributed by atoms with E-state index in [9.17, 15) is 4.39 Å². The molecule has 0 aliphatic rings. The summed E-state index contributed by atoms with van der Waals surface area (Å²) in [5.41, 5.74) is 5.79. The molecule has 0 bridgehead atoms. The van der Waals surface area contributed by atoms with Crippen LogP contribution in [0.25, 0.3) is 0 Å². The van der Waals surface area contributed by atoms with Gasteiger partial charge in [-0.1, -0.05) is 0 Å². The lowest BCUT2D eigenvalue weighted by molar-refractivity contribution is 0.425. The number of anilines is 1. The highest BCUT2D eigenvalue weighted by atomic mass is 32.2. The zero-order valence-electron chi connectivity index (χ0n) is 9.05. The lowest BCUT2D eigenvalue weighted by Crippen LogP contribution is -1.94. The molecule has 17 heavy (non-hydrogen) atoms. The Hall–Kier alpha value is -1.82. The maximum atomic E-state index is 13.5. The van der Waals surface area contributed by atoms with Crippen LogP contribution in [0, 0.1) is 5.82 Å². The van der Waals surface area contributed by atoms with Gasteiger partial charge >= 0.3 is 0 Å². The van der Waals surface area contributed by atoms with Crippen molar-refractivity contribution < 1.29 is 9.13 Å². The molecule has 6 heteroatoms. The standard InChI is InChI=1S/C11H10FN3OS/c1-17-11-5-10(14-6-15-11)16-9-3-2-7(13)4-8(9)12/h2-6H,13H2,1H3. The van der Waals surface area contributed by atoms with Crippen molar-refractivity contribution in [2.24, 2.45) is 0 Å². The van der Waals surface area contributed by atoms with Crippen LogP contribution in [0.5, 0.6) is 11.6 Å². The number of rotatable bonds is 3. The second-order valence-electron chi connectivity index (χ2n) is 3.19. The smallest absolute Gasteiger partial charge is 0.223 e. The van der Waals surface area contributed by atoms with E-state index in [1.54, 1.807) is 12.1 Å². The zero-order valence-corrected chi connectivity index (χ0v) is 9.87. The summed E-state index contributed by atoms with van der Waals surface area (Å²) in [4.78, 5) is 7.90. The minimum atomic E-state index is -0.519. The van der Waals surface area contributed by atoms with Gasteiger partial charge in [-0.3, -0.25) is 0 Å². The lowest BCUT2D eigenvalue weighted by atomic mass is 10.3. The van der Waals surface area contributed by atoms with Crippen molar-refractivity contribution in [2.75, 3.05) is 12.0 Å². The van der Waals surface area contributed by atoms with Gasteiger partial charge in [0.1, 0.15) is 11.4 Å². The van der Waals surface area contributed by atoms with E-state index in [1.807, 2.05) is 6.26 Å². The number of benzene rings is 1. The van der Waals surface area contributed by atoms with E-state index in [0.717, 1.165) is 5.03 Å². The van der Waals surface area contributed by atoms with Crippen LogP contribution in [0.2, 0.25) is 0 Å². The highest BCUT2D eigenvalue weighted by molar-refractivity contribution is 7.98. The fourth-order valence-electron chi connectivity index (χ4n) is 1.20. The number of halogens is 1. The van der Waals surface area contributed by atoms with Crippen molar-refractivity contribution in [3.05, 3.63) is 36.4 Å². The Morgan fingerprint density at radius 3 is 2.82 bits per heavy atom. The maximum Gasteiger partial charge on any atom is 0.223 e. The summed E-state index contributed by atoms with van der Waals surface area (Å²) in [6.45, 7) is 0. The van der Waals surface area contributed by atoms with E-state index in [4.69, 9.17) is 10.5 Å². The number of nitrogens with zero attached hydrogens (tertiary/aromatic N) is 2. The summed E-state index contributed by atoms with van der Waals surface area (Å²) >= 11 is 1.46. The molecule has 1 aromatic heterocycles. The fourth-order valence-corrected chi connectivity index (χ4v) is 1.57. The molecule has 0 fully saturated rings. The topological polar surface area (TPSA) is 61.0 Å². The Balaban J connectivity index is 2.25. The van der Waals surface area contributed by atoms with E-state index in [1.165, 1.54) is 30.2 Å². The second kappa shape index (κ2) is 5.01. The summed E-state index contributed by atoms with van der Waals surface area (Å²) in [6.07, 6.45) is 3.26. The number of hydrogen-bond acceptors (Lipinski definition) is 5. The first-order valence-corrected chi connectivity index (χ1v) is 6.00. The first-order valence-electron chi connectivity index (χ1n) is 4.78. The van der Waals surface area contributed by atoms with Gasteiger partial charge < -0.3 is 10.5 Å². The number of thioether (sulfide) groups is 1. The molecule has 0 aliphatic carbocycles. The molecule has 0 amide bonds. The van der Waals surface area contributed by atoms with Crippen molar-refractivity contribution in [1.82, 2.24) is 9.97 Å². The molecule has 1 aromatic carbocycles. The fraction of sp³-hybridized carbons (Fsp3) is 0.0909. The molecule has 88 valence electrons. The normalized spacial score (nSPS) is 10.2. The van der Waals surface area contributed by atoms with Crippen LogP contribution < -0.4 is 10.5 Å². The number of nitrogens with two attached hydrogens (primary N) is 1. The van der Waals surface area contributed by atoms with Gasteiger partial charge in [-0.25, -0.2) is 14.4 Å². The Bertz CT molecular complexity index is 536. The second-order valence-corrected chi connectivity index (χ2v) is 4.02. The van der Waals surface area contributed by atoms with Crippen LogP contribution in [0.15, 0.2) is 35.6 Å². The molecule has 1 heterocycles. The predicted octanol–water partition coefficient (Wildman–Crippen LogP) is 2.71. The summed E-state index contributed by atoms with van der Waals surface area (Å²) in [6, 6.07) is 5.87. The molecule has 0 aliphatic heterocycles. The van der Waals surface area contributed by atoms with Gasteiger partial charge in [0.15, 0.2) is 11.6 Å². The Morgan fingerprint density at radius 2 is 2.12 bits per heavy atom. The third-order valence-electron chi connectivity index (χ3n) is 2.00. The molecule has 0 spiro atoms. The molecule has 0 unspecified atom stereocenters. The van der Waals surface area contributed by atoms with Crippen molar-refractivity contribution in [2.45, 2.75) is 5.03 Å². The molecular weight excluding hydrogens is 241 g/mol. The van der Waals surface area contributed by atoms with E-state index in [0.29, 0.717) is 11.6 Å². The predicted molar refractivity (Wildman–Crippen MR) is 64.7 cm³/mol. The van der Waals surface area contributed by atoms with Gasteiger partial charge in [-0.2, -0.15) is 0 Å². The highest BCUT2D eigenvalue weighted by Gasteiger charge is 2.06. The summed E-state index contributed by atoms with van der Waals surface area (Å²) < 4.78 is 18.8. The van der Waals surface area contributed by atoms with Gasteiger partial charge in [-0.05, 0) is 18.4 Å². The van der Waals surface area contributed by atoms with Crippen LogP contribution in [0.4, 0.5) is 10.1 Å². The maximum absolute atomic E-state index is 13.5. The molecule has 0 radical (unpaired) electrons.